The molecule has 1 aliphatic carbocycles. The molecule has 3 aromatic rings. The first-order chi connectivity index (χ1) is 15.4. The van der Waals surface area contributed by atoms with Crippen molar-refractivity contribution in [2.45, 2.75) is 52.1 Å². The summed E-state index contributed by atoms with van der Waals surface area (Å²) in [5.74, 6) is -0.422. The van der Waals surface area contributed by atoms with E-state index in [4.69, 9.17) is 4.74 Å². The zero-order valence-corrected chi connectivity index (χ0v) is 19.4. The Labute approximate surface area is 190 Å². The highest BCUT2D eigenvalue weighted by molar-refractivity contribution is 7.18. The van der Waals surface area contributed by atoms with Crippen molar-refractivity contribution in [3.63, 3.8) is 0 Å². The van der Waals surface area contributed by atoms with Crippen LogP contribution in [0.4, 0.5) is 0 Å². The number of carbonyl (C=O) groups excluding carboxylic acids is 2. The standard InChI is InChI=1S/C24H27N3O4S/c1-4-31-24(30)17-11-8-12-18-20(17)21-22(32-18)25-15(2)27(23(21)29)14-19(28)26(3)13-16-9-6-5-7-10-16/h5-7,9-10,17H,4,8,11-14H2,1-3H3. The summed E-state index contributed by atoms with van der Waals surface area (Å²) in [6.07, 6.45) is 2.35. The molecule has 0 aliphatic heterocycles. The second-order valence-electron chi connectivity index (χ2n) is 8.10. The van der Waals surface area contributed by atoms with Crippen LogP contribution in [0.2, 0.25) is 0 Å². The van der Waals surface area contributed by atoms with Crippen molar-refractivity contribution in [3.8, 4) is 0 Å². The van der Waals surface area contributed by atoms with Gasteiger partial charge < -0.3 is 9.64 Å². The van der Waals surface area contributed by atoms with E-state index in [0.717, 1.165) is 28.8 Å². The second kappa shape index (κ2) is 9.24. The van der Waals surface area contributed by atoms with Gasteiger partial charge in [-0.3, -0.25) is 19.0 Å². The monoisotopic (exact) mass is 453 g/mol. The number of benzene rings is 1. The predicted molar refractivity (Wildman–Crippen MR) is 124 cm³/mol. The summed E-state index contributed by atoms with van der Waals surface area (Å²) in [7, 11) is 1.73. The number of ether oxygens (including phenoxy) is 1. The highest BCUT2D eigenvalue weighted by Gasteiger charge is 2.33. The summed E-state index contributed by atoms with van der Waals surface area (Å²) < 4.78 is 6.71. The van der Waals surface area contributed by atoms with Crippen molar-refractivity contribution in [1.29, 1.82) is 0 Å². The lowest BCUT2D eigenvalue weighted by Crippen LogP contribution is -2.35. The molecule has 2 aromatic heterocycles. The van der Waals surface area contributed by atoms with E-state index in [0.29, 0.717) is 35.6 Å². The van der Waals surface area contributed by atoms with E-state index < -0.39 is 5.92 Å². The van der Waals surface area contributed by atoms with Crippen molar-refractivity contribution in [1.82, 2.24) is 14.5 Å². The van der Waals surface area contributed by atoms with E-state index in [9.17, 15) is 14.4 Å². The molecule has 7 nitrogen and oxygen atoms in total. The number of likely N-dealkylation sites (N-methyl/N-ethyl adjacent to an activating group) is 1. The number of nitrogens with zero attached hydrogens (tertiary/aromatic N) is 3. The minimum atomic E-state index is -0.449. The Morgan fingerprint density at radius 3 is 2.75 bits per heavy atom. The van der Waals surface area contributed by atoms with Crippen LogP contribution >= 0.6 is 11.3 Å². The first kappa shape index (κ1) is 22.2. The van der Waals surface area contributed by atoms with Crippen LogP contribution in [0.3, 0.4) is 0 Å². The quantitative estimate of drug-likeness (QED) is 0.534. The van der Waals surface area contributed by atoms with Crippen molar-refractivity contribution in [3.05, 3.63) is 62.5 Å². The molecule has 8 heteroatoms. The molecule has 1 unspecified atom stereocenters. The Morgan fingerprint density at radius 1 is 1.28 bits per heavy atom. The lowest BCUT2D eigenvalue weighted by Gasteiger charge is -2.21. The molecule has 0 N–H and O–H groups in total. The number of amides is 1. The van der Waals surface area contributed by atoms with Crippen LogP contribution in [-0.4, -0.2) is 40.0 Å². The average Bonchev–Trinajstić information content (AvgIpc) is 3.15. The van der Waals surface area contributed by atoms with E-state index in [2.05, 4.69) is 4.98 Å². The maximum atomic E-state index is 13.5. The predicted octanol–water partition coefficient (Wildman–Crippen LogP) is 3.41. The van der Waals surface area contributed by atoms with Gasteiger partial charge in [0.05, 0.1) is 17.9 Å². The Balaban J connectivity index is 1.69. The van der Waals surface area contributed by atoms with E-state index in [1.165, 1.54) is 15.9 Å². The molecular weight excluding hydrogens is 426 g/mol. The largest absolute Gasteiger partial charge is 0.466 e. The van der Waals surface area contributed by atoms with Crippen LogP contribution in [-0.2, 0) is 33.8 Å². The fourth-order valence-electron chi connectivity index (χ4n) is 4.28. The molecule has 0 spiro atoms. The summed E-state index contributed by atoms with van der Waals surface area (Å²) in [6, 6.07) is 9.71. The van der Waals surface area contributed by atoms with Crippen LogP contribution < -0.4 is 5.56 Å². The summed E-state index contributed by atoms with van der Waals surface area (Å²) in [5.41, 5.74) is 1.51. The third-order valence-corrected chi connectivity index (χ3v) is 7.07. The molecule has 4 rings (SSSR count). The molecule has 1 aliphatic rings. The fourth-order valence-corrected chi connectivity index (χ4v) is 5.59. The number of carbonyl (C=O) groups is 2. The molecule has 0 saturated carbocycles. The van der Waals surface area contributed by atoms with Gasteiger partial charge in [0.25, 0.3) is 5.56 Å². The zero-order chi connectivity index (χ0) is 22.8. The van der Waals surface area contributed by atoms with E-state index in [1.807, 2.05) is 30.3 Å². The van der Waals surface area contributed by atoms with Gasteiger partial charge in [-0.1, -0.05) is 30.3 Å². The summed E-state index contributed by atoms with van der Waals surface area (Å²) in [4.78, 5) is 46.9. The van der Waals surface area contributed by atoms with Gasteiger partial charge in [-0.15, -0.1) is 11.3 Å². The van der Waals surface area contributed by atoms with Crippen molar-refractivity contribution >= 4 is 33.4 Å². The number of rotatable bonds is 6. The van der Waals surface area contributed by atoms with Crippen LogP contribution in [0.1, 0.15) is 47.5 Å². The molecule has 1 atom stereocenters. The third-order valence-electron chi connectivity index (χ3n) is 5.91. The first-order valence-corrected chi connectivity index (χ1v) is 11.7. The van der Waals surface area contributed by atoms with E-state index in [-0.39, 0.29) is 24.0 Å². The van der Waals surface area contributed by atoms with Crippen LogP contribution in [0.5, 0.6) is 0 Å². The molecule has 0 fully saturated rings. The molecular formula is C24H27N3O4S. The maximum absolute atomic E-state index is 13.5. The van der Waals surface area contributed by atoms with Crippen LogP contribution in [0.25, 0.3) is 10.2 Å². The highest BCUT2D eigenvalue weighted by atomic mass is 32.1. The normalized spacial score (nSPS) is 15.4. The Kier molecular flexibility index (Phi) is 6.41. The smallest absolute Gasteiger partial charge is 0.313 e. The van der Waals surface area contributed by atoms with Crippen molar-refractivity contribution in [2.24, 2.45) is 0 Å². The number of aromatic nitrogens is 2. The van der Waals surface area contributed by atoms with Crippen molar-refractivity contribution in [2.75, 3.05) is 13.7 Å². The fraction of sp³-hybridized carbons (Fsp3) is 0.417. The minimum Gasteiger partial charge on any atom is -0.466 e. The number of thiophene rings is 1. The molecule has 1 amide bonds. The molecule has 32 heavy (non-hydrogen) atoms. The number of aryl methyl sites for hydroxylation is 2. The molecule has 2 heterocycles. The molecule has 0 bridgehead atoms. The Morgan fingerprint density at radius 2 is 2.03 bits per heavy atom. The minimum absolute atomic E-state index is 0.0916. The van der Waals surface area contributed by atoms with Gasteiger partial charge in [0.15, 0.2) is 0 Å². The van der Waals surface area contributed by atoms with Gasteiger partial charge in [0.2, 0.25) is 5.91 Å². The highest BCUT2D eigenvalue weighted by Crippen LogP contribution is 2.41. The lowest BCUT2D eigenvalue weighted by atomic mass is 9.86. The van der Waals surface area contributed by atoms with Gasteiger partial charge in [0.1, 0.15) is 17.2 Å². The Bertz CT molecular complexity index is 1220. The molecule has 1 aromatic carbocycles. The van der Waals surface area contributed by atoms with Gasteiger partial charge in [0, 0.05) is 18.5 Å². The third kappa shape index (κ3) is 4.19. The summed E-state index contributed by atoms with van der Waals surface area (Å²) >= 11 is 1.48. The average molecular weight is 454 g/mol. The first-order valence-electron chi connectivity index (χ1n) is 10.9. The van der Waals surface area contributed by atoms with Crippen LogP contribution in [0, 0.1) is 6.92 Å². The SMILES string of the molecule is CCOC(=O)C1CCCc2sc3nc(C)n(CC(=O)N(C)Cc4ccccc4)c(=O)c3c21. The zero-order valence-electron chi connectivity index (χ0n) is 18.6. The Hall–Kier alpha value is -3.00. The van der Waals surface area contributed by atoms with Gasteiger partial charge in [-0.05, 0) is 44.2 Å². The molecule has 0 saturated heterocycles. The number of hydrogen-bond acceptors (Lipinski definition) is 6. The number of hydrogen-bond donors (Lipinski definition) is 0. The maximum Gasteiger partial charge on any atom is 0.313 e. The number of fused-ring (bicyclic) bond motifs is 3. The lowest BCUT2D eigenvalue weighted by molar-refractivity contribution is -0.145. The van der Waals surface area contributed by atoms with Gasteiger partial charge in [-0.2, -0.15) is 0 Å². The second-order valence-corrected chi connectivity index (χ2v) is 9.19. The number of esters is 1. The van der Waals surface area contributed by atoms with E-state index >= 15 is 0 Å². The summed E-state index contributed by atoms with van der Waals surface area (Å²) in [5, 5.41) is 0.465. The summed E-state index contributed by atoms with van der Waals surface area (Å²) in [6.45, 7) is 4.19. The van der Waals surface area contributed by atoms with Gasteiger partial charge >= 0.3 is 5.97 Å². The molecule has 0 radical (unpaired) electrons. The van der Waals surface area contributed by atoms with Crippen molar-refractivity contribution < 1.29 is 14.3 Å². The van der Waals surface area contributed by atoms with Gasteiger partial charge in [-0.25, -0.2) is 4.98 Å². The van der Waals surface area contributed by atoms with E-state index in [1.54, 1.807) is 25.8 Å². The topological polar surface area (TPSA) is 81.5 Å². The molecule has 168 valence electrons. The van der Waals surface area contributed by atoms with Crippen LogP contribution in [0.15, 0.2) is 35.1 Å².